The number of nitrogens with one attached hydrogen (secondary N) is 1. The number of thioether (sulfide) groups is 1. The van der Waals surface area contributed by atoms with Crippen molar-refractivity contribution >= 4 is 29.5 Å². The number of hydrogen-bond donors (Lipinski definition) is 1. The predicted molar refractivity (Wildman–Crippen MR) is 110 cm³/mol. The van der Waals surface area contributed by atoms with Crippen molar-refractivity contribution in [3.8, 4) is 0 Å². The molecule has 29 heavy (non-hydrogen) atoms. The average molecular weight is 410 g/mol. The minimum absolute atomic E-state index is 0.0469. The van der Waals surface area contributed by atoms with E-state index in [1.807, 2.05) is 60.7 Å². The van der Waals surface area contributed by atoms with Crippen LogP contribution >= 0.6 is 11.8 Å². The maximum absolute atomic E-state index is 12.7. The predicted octanol–water partition coefficient (Wildman–Crippen LogP) is 2.44. The van der Waals surface area contributed by atoms with Crippen molar-refractivity contribution in [1.82, 2.24) is 10.2 Å². The van der Waals surface area contributed by atoms with Gasteiger partial charge in [-0.25, -0.2) is 4.79 Å². The highest BCUT2D eigenvalue weighted by molar-refractivity contribution is 8.00. The summed E-state index contributed by atoms with van der Waals surface area (Å²) in [5.74, 6) is -0.477. The Bertz CT molecular complexity index is 906. The molecule has 0 unspecified atom stereocenters. The van der Waals surface area contributed by atoms with Crippen LogP contribution in [0.15, 0.2) is 60.7 Å². The first-order chi connectivity index (χ1) is 14.1. The van der Waals surface area contributed by atoms with Gasteiger partial charge in [0.05, 0.1) is 0 Å². The van der Waals surface area contributed by atoms with E-state index in [0.29, 0.717) is 25.1 Å². The zero-order valence-electron chi connectivity index (χ0n) is 15.9. The maximum atomic E-state index is 12.7. The second kappa shape index (κ2) is 8.29. The van der Waals surface area contributed by atoms with Crippen LogP contribution in [0, 0.1) is 0 Å². The maximum Gasteiger partial charge on any atom is 0.330 e. The molecule has 2 aromatic carbocycles. The van der Waals surface area contributed by atoms with E-state index in [0.717, 1.165) is 11.1 Å². The van der Waals surface area contributed by atoms with E-state index in [-0.39, 0.29) is 18.4 Å². The molecule has 2 aliphatic heterocycles. The Morgan fingerprint density at radius 2 is 1.79 bits per heavy atom. The number of esters is 1. The van der Waals surface area contributed by atoms with E-state index < -0.39 is 16.9 Å². The van der Waals surface area contributed by atoms with Gasteiger partial charge in [0.25, 0.3) is 5.91 Å². The van der Waals surface area contributed by atoms with Crippen LogP contribution in [0.5, 0.6) is 0 Å². The molecule has 2 atom stereocenters. The zero-order valence-corrected chi connectivity index (χ0v) is 16.7. The van der Waals surface area contributed by atoms with Gasteiger partial charge in [0.2, 0.25) is 5.91 Å². The molecule has 2 aromatic rings. The second-order valence-electron chi connectivity index (χ2n) is 7.11. The van der Waals surface area contributed by atoms with Crippen LogP contribution in [0.4, 0.5) is 0 Å². The van der Waals surface area contributed by atoms with Gasteiger partial charge >= 0.3 is 5.97 Å². The zero-order chi connectivity index (χ0) is 20.3. The average Bonchev–Trinajstić information content (AvgIpc) is 3.31. The molecular formula is C22H22N2O4S. The lowest BCUT2D eigenvalue weighted by Crippen LogP contribution is -2.47. The molecule has 2 heterocycles. The van der Waals surface area contributed by atoms with Crippen LogP contribution in [-0.2, 0) is 30.5 Å². The summed E-state index contributed by atoms with van der Waals surface area (Å²) >= 11 is 1.60. The fourth-order valence-electron chi connectivity index (χ4n) is 3.90. The molecule has 150 valence electrons. The SMILES string of the molecule is O=C(COC(=O)[C@H]1CS[C@@]2(c3ccccc3)CCC(=O)N12)NCc1ccccc1. The Morgan fingerprint density at radius 3 is 2.52 bits per heavy atom. The van der Waals surface area contributed by atoms with Crippen LogP contribution < -0.4 is 5.32 Å². The lowest BCUT2D eigenvalue weighted by molar-refractivity contribution is -0.156. The number of amides is 2. The molecule has 2 aliphatic rings. The van der Waals surface area contributed by atoms with Crippen molar-refractivity contribution in [2.75, 3.05) is 12.4 Å². The fourth-order valence-corrected chi connectivity index (χ4v) is 5.53. The molecule has 0 radical (unpaired) electrons. The molecule has 6 nitrogen and oxygen atoms in total. The van der Waals surface area contributed by atoms with Crippen LogP contribution in [0.25, 0.3) is 0 Å². The number of nitrogens with zero attached hydrogens (tertiary/aromatic N) is 1. The monoisotopic (exact) mass is 410 g/mol. The van der Waals surface area contributed by atoms with Gasteiger partial charge in [-0.05, 0) is 17.5 Å². The normalized spacial score (nSPS) is 23.0. The van der Waals surface area contributed by atoms with E-state index in [9.17, 15) is 14.4 Å². The van der Waals surface area contributed by atoms with E-state index in [1.54, 1.807) is 16.7 Å². The first-order valence-corrected chi connectivity index (χ1v) is 10.6. The van der Waals surface area contributed by atoms with Crippen molar-refractivity contribution in [2.45, 2.75) is 30.3 Å². The van der Waals surface area contributed by atoms with Crippen LogP contribution in [0.1, 0.15) is 24.0 Å². The summed E-state index contributed by atoms with van der Waals surface area (Å²) < 4.78 is 5.26. The summed E-state index contributed by atoms with van der Waals surface area (Å²) in [7, 11) is 0. The van der Waals surface area contributed by atoms with Crippen LogP contribution in [0.2, 0.25) is 0 Å². The number of fused-ring (bicyclic) bond motifs is 1. The number of ether oxygens (including phenoxy) is 1. The van der Waals surface area contributed by atoms with Gasteiger partial charge in [-0.3, -0.25) is 9.59 Å². The van der Waals surface area contributed by atoms with Gasteiger partial charge in [0, 0.05) is 18.7 Å². The molecule has 7 heteroatoms. The van der Waals surface area contributed by atoms with Crippen LogP contribution in [0.3, 0.4) is 0 Å². The summed E-state index contributed by atoms with van der Waals surface area (Å²) in [6, 6.07) is 18.6. The summed E-state index contributed by atoms with van der Waals surface area (Å²) in [6.07, 6.45) is 1.07. The smallest absolute Gasteiger partial charge is 0.330 e. The number of hydrogen-bond acceptors (Lipinski definition) is 5. The van der Waals surface area contributed by atoms with E-state index in [1.165, 1.54) is 0 Å². The van der Waals surface area contributed by atoms with E-state index in [2.05, 4.69) is 5.32 Å². The standard InChI is InChI=1S/C22H22N2O4S/c25-19(23-13-16-7-3-1-4-8-16)14-28-21(27)18-15-29-22(12-11-20(26)24(18)22)17-9-5-2-6-10-17/h1-10,18H,11-15H2,(H,23,25)/t18-,22-/m1/s1. The minimum atomic E-state index is -0.669. The van der Waals surface area contributed by atoms with Gasteiger partial charge in [-0.1, -0.05) is 60.7 Å². The van der Waals surface area contributed by atoms with Crippen molar-refractivity contribution in [1.29, 1.82) is 0 Å². The lowest BCUT2D eigenvalue weighted by atomic mass is 10.0. The molecule has 2 amide bonds. The molecule has 2 saturated heterocycles. The third-order valence-corrected chi connectivity index (χ3v) is 6.90. The molecular weight excluding hydrogens is 388 g/mol. The quantitative estimate of drug-likeness (QED) is 0.741. The Balaban J connectivity index is 1.37. The fraction of sp³-hybridized carbons (Fsp3) is 0.318. The first-order valence-electron chi connectivity index (χ1n) is 9.59. The Kier molecular flexibility index (Phi) is 5.58. The number of rotatable bonds is 6. The second-order valence-corrected chi connectivity index (χ2v) is 8.41. The molecule has 0 aromatic heterocycles. The highest BCUT2D eigenvalue weighted by Crippen LogP contribution is 2.54. The van der Waals surface area contributed by atoms with Crippen molar-refractivity contribution in [3.05, 3.63) is 71.8 Å². The van der Waals surface area contributed by atoms with Crippen molar-refractivity contribution in [3.63, 3.8) is 0 Å². The largest absolute Gasteiger partial charge is 0.454 e. The Morgan fingerprint density at radius 1 is 1.10 bits per heavy atom. The third-order valence-electron chi connectivity index (χ3n) is 5.30. The topological polar surface area (TPSA) is 75.7 Å². The van der Waals surface area contributed by atoms with Gasteiger partial charge in [0.1, 0.15) is 10.9 Å². The van der Waals surface area contributed by atoms with Gasteiger partial charge in [0.15, 0.2) is 6.61 Å². The molecule has 0 aliphatic carbocycles. The van der Waals surface area contributed by atoms with Crippen molar-refractivity contribution < 1.29 is 19.1 Å². The minimum Gasteiger partial charge on any atom is -0.454 e. The summed E-state index contributed by atoms with van der Waals surface area (Å²) in [4.78, 5) is 38.4. The van der Waals surface area contributed by atoms with Crippen molar-refractivity contribution in [2.24, 2.45) is 0 Å². The molecule has 0 saturated carbocycles. The summed E-state index contributed by atoms with van der Waals surface area (Å²) in [5, 5.41) is 2.73. The molecule has 1 N–H and O–H groups in total. The summed E-state index contributed by atoms with van der Waals surface area (Å²) in [6.45, 7) is 0.0193. The van der Waals surface area contributed by atoms with E-state index in [4.69, 9.17) is 4.74 Å². The number of carbonyl (C=O) groups is 3. The van der Waals surface area contributed by atoms with Gasteiger partial charge in [-0.15, -0.1) is 11.8 Å². The third kappa shape index (κ3) is 3.87. The molecule has 4 rings (SSSR count). The number of carbonyl (C=O) groups excluding carboxylic acids is 3. The van der Waals surface area contributed by atoms with Gasteiger partial charge in [-0.2, -0.15) is 0 Å². The van der Waals surface area contributed by atoms with Crippen LogP contribution in [-0.4, -0.2) is 41.1 Å². The lowest BCUT2D eigenvalue weighted by Gasteiger charge is -2.33. The molecule has 0 bridgehead atoms. The molecule has 0 spiro atoms. The first kappa shape index (κ1) is 19.5. The van der Waals surface area contributed by atoms with E-state index >= 15 is 0 Å². The highest BCUT2D eigenvalue weighted by atomic mass is 32.2. The van der Waals surface area contributed by atoms with Gasteiger partial charge < -0.3 is 15.0 Å². The number of benzene rings is 2. The molecule has 2 fully saturated rings. The summed E-state index contributed by atoms with van der Waals surface area (Å²) in [5.41, 5.74) is 1.99. The Labute approximate surface area is 173 Å². The highest BCUT2D eigenvalue weighted by Gasteiger charge is 2.57. The Hall–Kier alpha value is -2.80.